The summed E-state index contributed by atoms with van der Waals surface area (Å²) in [5, 5.41) is 2.60. The van der Waals surface area contributed by atoms with Crippen molar-refractivity contribution in [1.82, 2.24) is 4.57 Å². The summed E-state index contributed by atoms with van der Waals surface area (Å²) in [5.41, 5.74) is 4.45. The van der Waals surface area contributed by atoms with Crippen molar-refractivity contribution in [3.8, 4) is 11.3 Å². The molecule has 4 aromatic rings. The van der Waals surface area contributed by atoms with Crippen LogP contribution < -0.4 is 0 Å². The number of aromatic nitrogens is 1. The van der Waals surface area contributed by atoms with E-state index in [4.69, 9.17) is 23.2 Å². The van der Waals surface area contributed by atoms with Gasteiger partial charge in [0.1, 0.15) is 0 Å². The summed E-state index contributed by atoms with van der Waals surface area (Å²) in [6, 6.07) is 26.6. The third-order valence-electron chi connectivity index (χ3n) is 4.26. The standard InChI is InChI=1S/C21H15Cl2N/c22-18-10-6-11-19(23)17(18)14-24-20-12-5-4-9-16(20)13-21(24)15-7-2-1-3-8-15/h1-13H,14H2. The second-order valence-corrected chi connectivity index (χ2v) is 6.56. The molecule has 0 unspecified atom stereocenters. The highest BCUT2D eigenvalue weighted by Crippen LogP contribution is 2.32. The Kier molecular flexibility index (Phi) is 4.05. The Hall–Kier alpha value is -2.22. The fourth-order valence-corrected chi connectivity index (χ4v) is 3.59. The lowest BCUT2D eigenvalue weighted by Gasteiger charge is -2.13. The zero-order chi connectivity index (χ0) is 16.5. The molecule has 0 saturated carbocycles. The quantitative estimate of drug-likeness (QED) is 0.388. The van der Waals surface area contributed by atoms with Crippen LogP contribution in [0.2, 0.25) is 10.0 Å². The molecule has 0 spiro atoms. The molecule has 0 bridgehead atoms. The molecule has 0 N–H and O–H groups in total. The molecule has 0 atom stereocenters. The Morgan fingerprint density at radius 2 is 1.38 bits per heavy atom. The molecule has 3 aromatic carbocycles. The van der Waals surface area contributed by atoms with Gasteiger partial charge in [0.05, 0.1) is 6.54 Å². The summed E-state index contributed by atoms with van der Waals surface area (Å²) < 4.78 is 2.28. The molecule has 0 saturated heterocycles. The lowest BCUT2D eigenvalue weighted by atomic mass is 10.1. The summed E-state index contributed by atoms with van der Waals surface area (Å²) >= 11 is 12.8. The average molecular weight is 352 g/mol. The number of rotatable bonds is 3. The van der Waals surface area contributed by atoms with Gasteiger partial charge < -0.3 is 4.57 Å². The van der Waals surface area contributed by atoms with Crippen LogP contribution in [-0.2, 0) is 6.54 Å². The van der Waals surface area contributed by atoms with Gasteiger partial charge in [0.15, 0.2) is 0 Å². The van der Waals surface area contributed by atoms with E-state index in [0.717, 1.165) is 11.3 Å². The van der Waals surface area contributed by atoms with Crippen molar-refractivity contribution in [3.63, 3.8) is 0 Å². The first-order chi connectivity index (χ1) is 11.7. The van der Waals surface area contributed by atoms with Crippen LogP contribution in [0, 0.1) is 0 Å². The van der Waals surface area contributed by atoms with E-state index in [9.17, 15) is 0 Å². The number of hydrogen-bond donors (Lipinski definition) is 0. The van der Waals surface area contributed by atoms with E-state index in [1.165, 1.54) is 16.5 Å². The Bertz CT molecular complexity index is 983. The molecule has 0 aliphatic heterocycles. The van der Waals surface area contributed by atoms with Crippen LogP contribution in [0.4, 0.5) is 0 Å². The number of nitrogens with zero attached hydrogens (tertiary/aromatic N) is 1. The summed E-state index contributed by atoms with van der Waals surface area (Å²) in [5.74, 6) is 0. The van der Waals surface area contributed by atoms with Gasteiger partial charge in [-0.1, -0.05) is 77.8 Å². The van der Waals surface area contributed by atoms with Crippen LogP contribution >= 0.6 is 23.2 Å². The highest BCUT2D eigenvalue weighted by Gasteiger charge is 2.13. The van der Waals surface area contributed by atoms with E-state index in [-0.39, 0.29) is 0 Å². The number of halogens is 2. The molecular weight excluding hydrogens is 337 g/mol. The van der Waals surface area contributed by atoms with Crippen molar-refractivity contribution in [3.05, 3.63) is 94.5 Å². The predicted molar refractivity (Wildman–Crippen MR) is 103 cm³/mol. The molecule has 0 aliphatic carbocycles. The van der Waals surface area contributed by atoms with Gasteiger partial charge in [0.25, 0.3) is 0 Å². The first-order valence-electron chi connectivity index (χ1n) is 7.80. The number of hydrogen-bond acceptors (Lipinski definition) is 0. The van der Waals surface area contributed by atoms with Gasteiger partial charge in [0.2, 0.25) is 0 Å². The Balaban J connectivity index is 1.93. The van der Waals surface area contributed by atoms with E-state index in [1.54, 1.807) is 0 Å². The number of benzene rings is 3. The second kappa shape index (κ2) is 6.35. The van der Waals surface area contributed by atoms with Crippen LogP contribution in [-0.4, -0.2) is 4.57 Å². The second-order valence-electron chi connectivity index (χ2n) is 5.74. The lowest BCUT2D eigenvalue weighted by molar-refractivity contribution is 0.845. The fraction of sp³-hybridized carbons (Fsp3) is 0.0476. The number of para-hydroxylation sites is 1. The van der Waals surface area contributed by atoms with Gasteiger partial charge >= 0.3 is 0 Å². The lowest BCUT2D eigenvalue weighted by Crippen LogP contribution is -2.03. The van der Waals surface area contributed by atoms with Gasteiger partial charge in [-0.15, -0.1) is 0 Å². The molecular formula is C21H15Cl2N. The average Bonchev–Trinajstić information content (AvgIpc) is 2.98. The topological polar surface area (TPSA) is 4.93 Å². The van der Waals surface area contributed by atoms with Crippen LogP contribution in [0.5, 0.6) is 0 Å². The molecule has 0 radical (unpaired) electrons. The minimum absolute atomic E-state index is 0.635. The van der Waals surface area contributed by atoms with E-state index in [0.29, 0.717) is 16.6 Å². The molecule has 118 valence electrons. The van der Waals surface area contributed by atoms with Gasteiger partial charge in [-0.25, -0.2) is 0 Å². The van der Waals surface area contributed by atoms with Gasteiger partial charge in [0, 0.05) is 32.2 Å². The van der Waals surface area contributed by atoms with Crippen molar-refractivity contribution in [2.24, 2.45) is 0 Å². The summed E-state index contributed by atoms with van der Waals surface area (Å²) in [4.78, 5) is 0. The maximum absolute atomic E-state index is 6.40. The van der Waals surface area contributed by atoms with Crippen molar-refractivity contribution >= 4 is 34.1 Å². The molecule has 24 heavy (non-hydrogen) atoms. The Morgan fingerprint density at radius 1 is 0.708 bits per heavy atom. The SMILES string of the molecule is Clc1cccc(Cl)c1Cn1c(-c2ccccc2)cc2ccccc21. The van der Waals surface area contributed by atoms with E-state index in [1.807, 2.05) is 24.3 Å². The molecule has 0 amide bonds. The molecule has 1 nitrogen and oxygen atoms in total. The fourth-order valence-electron chi connectivity index (χ4n) is 3.07. The smallest absolute Gasteiger partial charge is 0.0511 e. The van der Waals surface area contributed by atoms with Crippen molar-refractivity contribution in [2.75, 3.05) is 0 Å². The van der Waals surface area contributed by atoms with Crippen molar-refractivity contribution in [2.45, 2.75) is 6.54 Å². The van der Waals surface area contributed by atoms with E-state index in [2.05, 4.69) is 59.2 Å². The highest BCUT2D eigenvalue weighted by molar-refractivity contribution is 6.36. The van der Waals surface area contributed by atoms with E-state index >= 15 is 0 Å². The van der Waals surface area contributed by atoms with Crippen LogP contribution in [0.3, 0.4) is 0 Å². The van der Waals surface area contributed by atoms with Crippen LogP contribution in [0.1, 0.15) is 5.56 Å². The zero-order valence-corrected chi connectivity index (χ0v) is 14.4. The summed E-state index contributed by atoms with van der Waals surface area (Å²) in [7, 11) is 0. The van der Waals surface area contributed by atoms with Crippen LogP contribution in [0.25, 0.3) is 22.2 Å². The maximum atomic E-state index is 6.40. The molecule has 1 aromatic heterocycles. The van der Waals surface area contributed by atoms with Crippen molar-refractivity contribution < 1.29 is 0 Å². The van der Waals surface area contributed by atoms with Crippen molar-refractivity contribution in [1.29, 1.82) is 0 Å². The first-order valence-corrected chi connectivity index (χ1v) is 8.56. The third kappa shape index (κ3) is 2.71. The van der Waals surface area contributed by atoms with Gasteiger partial charge in [-0.05, 0) is 29.8 Å². The molecule has 0 aliphatic rings. The monoisotopic (exact) mass is 351 g/mol. The Morgan fingerprint density at radius 3 is 2.12 bits per heavy atom. The normalized spacial score (nSPS) is 11.1. The zero-order valence-electron chi connectivity index (χ0n) is 12.9. The summed E-state index contributed by atoms with van der Waals surface area (Å²) in [6.07, 6.45) is 0. The van der Waals surface area contributed by atoms with E-state index < -0.39 is 0 Å². The molecule has 4 rings (SSSR count). The number of fused-ring (bicyclic) bond motifs is 1. The Labute approximate surface area is 151 Å². The van der Waals surface area contributed by atoms with Gasteiger partial charge in [-0.3, -0.25) is 0 Å². The van der Waals surface area contributed by atoms with Gasteiger partial charge in [-0.2, -0.15) is 0 Å². The molecule has 1 heterocycles. The first kappa shape index (κ1) is 15.3. The largest absolute Gasteiger partial charge is 0.336 e. The highest BCUT2D eigenvalue weighted by atomic mass is 35.5. The van der Waals surface area contributed by atoms with Crippen LogP contribution in [0.15, 0.2) is 78.9 Å². The third-order valence-corrected chi connectivity index (χ3v) is 4.97. The molecule has 0 fully saturated rings. The maximum Gasteiger partial charge on any atom is 0.0511 e. The predicted octanol–water partition coefficient (Wildman–Crippen LogP) is 6.66. The summed E-state index contributed by atoms with van der Waals surface area (Å²) in [6.45, 7) is 0.635. The minimum Gasteiger partial charge on any atom is -0.336 e. The molecule has 3 heteroatoms. The minimum atomic E-state index is 0.635.